The van der Waals surface area contributed by atoms with Crippen LogP contribution in [0.25, 0.3) is 0 Å². The Labute approximate surface area is 128 Å². The first kappa shape index (κ1) is 18.1. The number of nitrogens with zero attached hydrogens (tertiary/aromatic N) is 1. The Morgan fingerprint density at radius 2 is 1.91 bits per heavy atom. The molecule has 0 saturated carbocycles. The fourth-order valence-electron chi connectivity index (χ4n) is 1.54. The predicted octanol–water partition coefficient (Wildman–Crippen LogP) is 0.387. The van der Waals surface area contributed by atoms with Crippen molar-refractivity contribution < 1.29 is 27.3 Å². The standard InChI is InChI=1S/C13H18N2O6S/c1-10(14)12(16)15(7-8-22(18,19)20)13(17)21-9-11-5-3-2-4-6-11/h2-6,10H,7-9,14H2,1H3,(H,18,19,20)/t10-/m0/s1. The van der Waals surface area contributed by atoms with Crippen LogP contribution >= 0.6 is 0 Å². The van der Waals surface area contributed by atoms with E-state index in [1.54, 1.807) is 30.3 Å². The Hall–Kier alpha value is -1.97. The Kier molecular flexibility index (Phi) is 6.47. The molecule has 22 heavy (non-hydrogen) atoms. The van der Waals surface area contributed by atoms with Crippen molar-refractivity contribution in [3.63, 3.8) is 0 Å². The smallest absolute Gasteiger partial charge is 0.416 e. The Morgan fingerprint density at radius 1 is 1.32 bits per heavy atom. The van der Waals surface area contributed by atoms with E-state index in [1.807, 2.05) is 0 Å². The van der Waals surface area contributed by atoms with E-state index in [9.17, 15) is 18.0 Å². The summed E-state index contributed by atoms with van der Waals surface area (Å²) in [6.45, 7) is 0.744. The van der Waals surface area contributed by atoms with Gasteiger partial charge in [0.2, 0.25) is 5.91 Å². The average Bonchev–Trinajstić information content (AvgIpc) is 2.44. The Balaban J connectivity index is 2.72. The highest BCUT2D eigenvalue weighted by Gasteiger charge is 2.26. The van der Waals surface area contributed by atoms with Gasteiger partial charge in [0.15, 0.2) is 0 Å². The molecule has 0 aliphatic heterocycles. The van der Waals surface area contributed by atoms with Gasteiger partial charge in [-0.25, -0.2) is 9.69 Å². The second kappa shape index (κ2) is 7.87. The molecule has 1 aromatic rings. The number of hydrogen-bond acceptors (Lipinski definition) is 6. The third kappa shape index (κ3) is 6.20. The first-order valence-electron chi connectivity index (χ1n) is 6.43. The van der Waals surface area contributed by atoms with Gasteiger partial charge in [-0.1, -0.05) is 30.3 Å². The van der Waals surface area contributed by atoms with E-state index in [0.29, 0.717) is 10.5 Å². The fourth-order valence-corrected chi connectivity index (χ4v) is 1.95. The molecule has 0 radical (unpaired) electrons. The first-order valence-corrected chi connectivity index (χ1v) is 8.04. The van der Waals surface area contributed by atoms with Gasteiger partial charge in [0, 0.05) is 6.54 Å². The molecule has 0 aliphatic carbocycles. The monoisotopic (exact) mass is 330 g/mol. The van der Waals surface area contributed by atoms with Gasteiger partial charge in [0.05, 0.1) is 11.8 Å². The third-order valence-electron chi connectivity index (χ3n) is 2.65. The minimum atomic E-state index is -4.32. The van der Waals surface area contributed by atoms with Gasteiger partial charge in [-0.15, -0.1) is 0 Å². The summed E-state index contributed by atoms with van der Waals surface area (Å²) >= 11 is 0. The molecule has 0 heterocycles. The molecule has 0 aliphatic rings. The molecular weight excluding hydrogens is 312 g/mol. The van der Waals surface area contributed by atoms with Crippen LogP contribution in [0.1, 0.15) is 12.5 Å². The number of carbonyl (C=O) groups is 2. The van der Waals surface area contributed by atoms with Crippen LogP contribution in [0.5, 0.6) is 0 Å². The van der Waals surface area contributed by atoms with Crippen molar-refractivity contribution in [2.24, 2.45) is 5.73 Å². The normalized spacial score (nSPS) is 12.5. The van der Waals surface area contributed by atoms with Crippen molar-refractivity contribution in [2.45, 2.75) is 19.6 Å². The van der Waals surface area contributed by atoms with E-state index in [-0.39, 0.29) is 6.61 Å². The number of carbonyl (C=O) groups excluding carboxylic acids is 2. The molecule has 1 aromatic carbocycles. The molecule has 0 spiro atoms. The number of imide groups is 1. The minimum absolute atomic E-state index is 0.0751. The maximum absolute atomic E-state index is 11.9. The van der Waals surface area contributed by atoms with E-state index in [1.165, 1.54) is 6.92 Å². The molecule has 122 valence electrons. The summed E-state index contributed by atoms with van der Waals surface area (Å²) in [6, 6.07) is 7.75. The summed E-state index contributed by atoms with van der Waals surface area (Å²) in [6.07, 6.45) is -1.02. The highest BCUT2D eigenvalue weighted by Crippen LogP contribution is 2.05. The maximum atomic E-state index is 11.9. The number of hydrogen-bond donors (Lipinski definition) is 2. The van der Waals surface area contributed by atoms with E-state index >= 15 is 0 Å². The molecule has 0 fully saturated rings. The lowest BCUT2D eigenvalue weighted by molar-refractivity contribution is -0.130. The van der Waals surface area contributed by atoms with Gasteiger partial charge in [-0.3, -0.25) is 9.35 Å². The van der Waals surface area contributed by atoms with Crippen molar-refractivity contribution in [3.8, 4) is 0 Å². The van der Waals surface area contributed by atoms with Gasteiger partial charge >= 0.3 is 6.09 Å². The van der Waals surface area contributed by atoms with Crippen LogP contribution in [0.4, 0.5) is 4.79 Å². The zero-order valence-corrected chi connectivity index (χ0v) is 12.8. The lowest BCUT2D eigenvalue weighted by atomic mass is 10.2. The number of amides is 2. The minimum Gasteiger partial charge on any atom is -0.444 e. The summed E-state index contributed by atoms with van der Waals surface area (Å²) in [5, 5.41) is 0. The largest absolute Gasteiger partial charge is 0.444 e. The van der Waals surface area contributed by atoms with E-state index < -0.39 is 40.5 Å². The van der Waals surface area contributed by atoms with Crippen LogP contribution in [-0.4, -0.2) is 48.2 Å². The van der Waals surface area contributed by atoms with Crippen LogP contribution in [-0.2, 0) is 26.3 Å². The Bertz CT molecular complexity index is 615. The summed E-state index contributed by atoms with van der Waals surface area (Å²) in [5.41, 5.74) is 6.12. The SMILES string of the molecule is C[C@H](N)C(=O)N(CCS(=O)(=O)O)C(=O)OCc1ccccc1. The second-order valence-electron chi connectivity index (χ2n) is 4.60. The van der Waals surface area contributed by atoms with Gasteiger partial charge in [0.1, 0.15) is 6.61 Å². The van der Waals surface area contributed by atoms with Crippen molar-refractivity contribution in [2.75, 3.05) is 12.3 Å². The van der Waals surface area contributed by atoms with E-state index in [4.69, 9.17) is 15.0 Å². The van der Waals surface area contributed by atoms with Gasteiger partial charge in [-0.05, 0) is 12.5 Å². The van der Waals surface area contributed by atoms with E-state index in [2.05, 4.69) is 0 Å². The van der Waals surface area contributed by atoms with Crippen LogP contribution in [0.2, 0.25) is 0 Å². The molecule has 3 N–H and O–H groups in total. The quantitative estimate of drug-likeness (QED) is 0.722. The number of benzene rings is 1. The van der Waals surface area contributed by atoms with Crippen molar-refractivity contribution >= 4 is 22.1 Å². The molecule has 0 bridgehead atoms. The summed E-state index contributed by atoms with van der Waals surface area (Å²) in [4.78, 5) is 24.3. The number of ether oxygens (including phenoxy) is 1. The molecule has 0 saturated heterocycles. The molecule has 8 nitrogen and oxygen atoms in total. The number of nitrogens with two attached hydrogens (primary N) is 1. The highest BCUT2D eigenvalue weighted by atomic mass is 32.2. The number of rotatable bonds is 6. The molecule has 1 atom stereocenters. The van der Waals surface area contributed by atoms with E-state index in [0.717, 1.165) is 0 Å². The second-order valence-corrected chi connectivity index (χ2v) is 6.18. The fraction of sp³-hybridized carbons (Fsp3) is 0.385. The van der Waals surface area contributed by atoms with Gasteiger partial charge in [0.25, 0.3) is 10.1 Å². The van der Waals surface area contributed by atoms with Crippen molar-refractivity contribution in [1.29, 1.82) is 0 Å². The topological polar surface area (TPSA) is 127 Å². The maximum Gasteiger partial charge on any atom is 0.416 e. The molecule has 9 heteroatoms. The molecule has 0 unspecified atom stereocenters. The van der Waals surface area contributed by atoms with Crippen LogP contribution in [0.15, 0.2) is 30.3 Å². The van der Waals surface area contributed by atoms with Gasteiger partial charge in [-0.2, -0.15) is 8.42 Å². The zero-order valence-electron chi connectivity index (χ0n) is 12.0. The average molecular weight is 330 g/mol. The molecule has 2 amide bonds. The third-order valence-corrected chi connectivity index (χ3v) is 3.35. The molecule has 0 aromatic heterocycles. The zero-order chi connectivity index (χ0) is 16.8. The lowest BCUT2D eigenvalue weighted by Crippen LogP contribution is -2.47. The van der Waals surface area contributed by atoms with Crippen molar-refractivity contribution in [1.82, 2.24) is 4.90 Å². The first-order chi connectivity index (χ1) is 10.2. The highest BCUT2D eigenvalue weighted by molar-refractivity contribution is 7.85. The summed E-state index contributed by atoms with van der Waals surface area (Å²) < 4.78 is 35.2. The van der Waals surface area contributed by atoms with Gasteiger partial charge < -0.3 is 10.5 Å². The summed E-state index contributed by atoms with van der Waals surface area (Å²) in [5.74, 6) is -1.58. The van der Waals surface area contributed by atoms with Crippen LogP contribution in [0, 0.1) is 0 Å². The molecular formula is C13H18N2O6S. The van der Waals surface area contributed by atoms with Crippen LogP contribution < -0.4 is 5.73 Å². The summed E-state index contributed by atoms with van der Waals surface area (Å²) in [7, 11) is -4.32. The lowest BCUT2D eigenvalue weighted by Gasteiger charge is -2.21. The van der Waals surface area contributed by atoms with Crippen molar-refractivity contribution in [3.05, 3.63) is 35.9 Å². The molecule has 1 rings (SSSR count). The Morgan fingerprint density at radius 3 is 2.41 bits per heavy atom. The predicted molar refractivity (Wildman–Crippen MR) is 78.4 cm³/mol. The van der Waals surface area contributed by atoms with Crippen LogP contribution in [0.3, 0.4) is 0 Å².